The highest BCUT2D eigenvalue weighted by Crippen LogP contribution is 2.31. The molecule has 0 unspecified atom stereocenters. The van der Waals surface area contributed by atoms with Crippen molar-refractivity contribution in [3.05, 3.63) is 95.6 Å². The molecule has 0 aliphatic carbocycles. The number of phenolic OH excluding ortho intramolecular Hbond substituents is 1. The molecule has 6 heteroatoms. The molecular formula is C26H28O6. The highest BCUT2D eigenvalue weighted by molar-refractivity contribution is 5.41. The Bertz CT molecular complexity index is 978. The van der Waals surface area contributed by atoms with E-state index in [2.05, 4.69) is 0 Å². The molecule has 1 fully saturated rings. The monoisotopic (exact) mass is 436 g/mol. The lowest BCUT2D eigenvalue weighted by molar-refractivity contribution is -0.265. The van der Waals surface area contributed by atoms with Crippen LogP contribution in [0.15, 0.2) is 78.9 Å². The zero-order valence-electron chi connectivity index (χ0n) is 18.0. The number of hydrogen-bond acceptors (Lipinski definition) is 6. The van der Waals surface area contributed by atoms with Crippen LogP contribution in [0.5, 0.6) is 11.5 Å². The minimum atomic E-state index is -1.12. The molecule has 0 bridgehead atoms. The maximum Gasteiger partial charge on any atom is 0.229 e. The highest BCUT2D eigenvalue weighted by Gasteiger charge is 2.42. The number of aliphatic hydroxyl groups is 1. The van der Waals surface area contributed by atoms with Crippen LogP contribution in [0, 0.1) is 6.92 Å². The minimum absolute atomic E-state index is 0.0180. The first kappa shape index (κ1) is 22.3. The van der Waals surface area contributed by atoms with Gasteiger partial charge in [-0.25, -0.2) is 0 Å². The molecule has 0 aromatic heterocycles. The number of ether oxygens (including phenoxy) is 4. The second-order valence-corrected chi connectivity index (χ2v) is 7.88. The van der Waals surface area contributed by atoms with Gasteiger partial charge in [-0.1, -0.05) is 66.7 Å². The Hall–Kier alpha value is -2.90. The van der Waals surface area contributed by atoms with Crippen molar-refractivity contribution in [1.82, 2.24) is 0 Å². The molecule has 6 nitrogen and oxygen atoms in total. The quantitative estimate of drug-likeness (QED) is 0.557. The molecule has 0 saturated carbocycles. The Morgan fingerprint density at radius 3 is 2.16 bits per heavy atom. The van der Waals surface area contributed by atoms with Gasteiger partial charge in [0, 0.05) is 0 Å². The van der Waals surface area contributed by atoms with Crippen LogP contribution in [-0.4, -0.2) is 41.4 Å². The Morgan fingerprint density at radius 1 is 0.875 bits per heavy atom. The summed E-state index contributed by atoms with van der Waals surface area (Å²) in [5.74, 6) is 0.232. The Morgan fingerprint density at radius 2 is 1.50 bits per heavy atom. The van der Waals surface area contributed by atoms with Gasteiger partial charge in [0.25, 0.3) is 0 Å². The molecule has 4 atom stereocenters. The maximum atomic E-state index is 11.1. The van der Waals surface area contributed by atoms with Crippen LogP contribution < -0.4 is 4.74 Å². The molecule has 1 heterocycles. The van der Waals surface area contributed by atoms with Crippen molar-refractivity contribution < 1.29 is 29.2 Å². The van der Waals surface area contributed by atoms with E-state index in [0.717, 1.165) is 16.7 Å². The fourth-order valence-corrected chi connectivity index (χ4v) is 3.60. The number of aliphatic hydroxyl groups excluding tert-OH is 1. The molecule has 1 saturated heterocycles. The third kappa shape index (κ3) is 5.66. The van der Waals surface area contributed by atoms with Crippen LogP contribution in [0.4, 0.5) is 0 Å². The average Bonchev–Trinajstić information content (AvgIpc) is 2.82. The van der Waals surface area contributed by atoms with Crippen molar-refractivity contribution in [3.63, 3.8) is 0 Å². The molecule has 4 rings (SSSR count). The Kier molecular flexibility index (Phi) is 7.39. The van der Waals surface area contributed by atoms with Gasteiger partial charge in [-0.05, 0) is 35.7 Å². The van der Waals surface area contributed by atoms with Crippen LogP contribution in [0.3, 0.4) is 0 Å². The number of benzene rings is 3. The van der Waals surface area contributed by atoms with Crippen molar-refractivity contribution in [2.24, 2.45) is 0 Å². The van der Waals surface area contributed by atoms with E-state index in [4.69, 9.17) is 18.9 Å². The van der Waals surface area contributed by atoms with Crippen LogP contribution in [-0.2, 0) is 27.4 Å². The molecule has 2 N–H and O–H groups in total. The van der Waals surface area contributed by atoms with Crippen LogP contribution in [0.1, 0.15) is 16.7 Å². The van der Waals surface area contributed by atoms with Crippen molar-refractivity contribution in [2.45, 2.75) is 44.7 Å². The van der Waals surface area contributed by atoms with E-state index in [0.29, 0.717) is 13.2 Å². The lowest BCUT2D eigenvalue weighted by Crippen LogP contribution is -2.56. The first-order valence-corrected chi connectivity index (χ1v) is 10.7. The van der Waals surface area contributed by atoms with E-state index in [9.17, 15) is 10.2 Å². The van der Waals surface area contributed by atoms with E-state index >= 15 is 0 Å². The van der Waals surface area contributed by atoms with Crippen LogP contribution in [0.25, 0.3) is 0 Å². The second kappa shape index (κ2) is 10.6. The van der Waals surface area contributed by atoms with Gasteiger partial charge in [0.05, 0.1) is 19.8 Å². The lowest BCUT2D eigenvalue weighted by Gasteiger charge is -2.39. The first-order chi connectivity index (χ1) is 15.6. The third-order valence-electron chi connectivity index (χ3n) is 5.36. The number of phenols is 1. The van der Waals surface area contributed by atoms with Crippen molar-refractivity contribution in [2.75, 3.05) is 6.61 Å². The van der Waals surface area contributed by atoms with Gasteiger partial charge >= 0.3 is 0 Å². The van der Waals surface area contributed by atoms with Gasteiger partial charge < -0.3 is 29.2 Å². The Balaban J connectivity index is 1.47. The highest BCUT2D eigenvalue weighted by atomic mass is 16.7. The molecule has 32 heavy (non-hydrogen) atoms. The summed E-state index contributed by atoms with van der Waals surface area (Å²) in [6.07, 6.45) is -3.28. The number of aryl methyl sites for hydroxylation is 1. The van der Waals surface area contributed by atoms with E-state index in [-0.39, 0.29) is 18.1 Å². The van der Waals surface area contributed by atoms with Crippen molar-refractivity contribution >= 4 is 0 Å². The topological polar surface area (TPSA) is 77.4 Å². The average molecular weight is 437 g/mol. The number of hydrogen-bond donors (Lipinski definition) is 2. The summed E-state index contributed by atoms with van der Waals surface area (Å²) in [5, 5.41) is 21.2. The Labute approximate surface area is 188 Å². The van der Waals surface area contributed by atoms with E-state index in [1.54, 1.807) is 18.2 Å². The van der Waals surface area contributed by atoms with E-state index < -0.39 is 24.6 Å². The zero-order chi connectivity index (χ0) is 22.3. The van der Waals surface area contributed by atoms with Gasteiger partial charge in [0.15, 0.2) is 11.5 Å². The predicted molar refractivity (Wildman–Crippen MR) is 119 cm³/mol. The van der Waals surface area contributed by atoms with E-state index in [1.807, 2.05) is 67.6 Å². The molecule has 3 aromatic carbocycles. The molecule has 3 aromatic rings. The summed E-state index contributed by atoms with van der Waals surface area (Å²) < 4.78 is 23.8. The fraction of sp³-hybridized carbons (Fsp3) is 0.308. The summed E-state index contributed by atoms with van der Waals surface area (Å²) >= 11 is 0. The third-order valence-corrected chi connectivity index (χ3v) is 5.36. The zero-order valence-corrected chi connectivity index (χ0v) is 18.0. The molecule has 0 radical (unpaired) electrons. The molecule has 1 aliphatic heterocycles. The summed E-state index contributed by atoms with van der Waals surface area (Å²) in [4.78, 5) is 0. The number of aromatic hydroxyl groups is 1. The van der Waals surface area contributed by atoms with Crippen LogP contribution >= 0.6 is 0 Å². The second-order valence-electron chi connectivity index (χ2n) is 7.88. The van der Waals surface area contributed by atoms with Gasteiger partial charge in [-0.3, -0.25) is 0 Å². The molecule has 0 spiro atoms. The summed E-state index contributed by atoms with van der Waals surface area (Å²) in [5.41, 5.74) is 2.93. The maximum absolute atomic E-state index is 11.1. The van der Waals surface area contributed by atoms with Gasteiger partial charge in [-0.15, -0.1) is 0 Å². The molecule has 168 valence electrons. The molecule has 0 amide bonds. The summed E-state index contributed by atoms with van der Waals surface area (Å²) in [6, 6.07) is 24.6. The van der Waals surface area contributed by atoms with Gasteiger partial charge in [0.1, 0.15) is 18.3 Å². The summed E-state index contributed by atoms with van der Waals surface area (Å²) in [6.45, 7) is 2.76. The summed E-state index contributed by atoms with van der Waals surface area (Å²) in [7, 11) is 0. The SMILES string of the molecule is Cc1ccc(O)c(O[C@@H]2OC[C@@H](OCc3ccccc3)[C@H](OCc3ccccc3)[C@H]2O)c1. The smallest absolute Gasteiger partial charge is 0.229 e. The predicted octanol–water partition coefficient (Wildman–Crippen LogP) is 3.97. The standard InChI is InChI=1S/C26H28O6/c1-18-12-13-21(27)22(14-18)32-26-24(28)25(30-16-20-10-6-3-7-11-20)23(17-31-26)29-15-19-8-4-2-5-9-19/h2-14,23-28H,15-17H2,1H3/t23-,24-,25+,26+/m1/s1. The lowest BCUT2D eigenvalue weighted by atomic mass is 10.0. The largest absolute Gasteiger partial charge is 0.504 e. The normalized spacial score (nSPS) is 23.1. The van der Waals surface area contributed by atoms with Crippen LogP contribution in [0.2, 0.25) is 0 Å². The first-order valence-electron chi connectivity index (χ1n) is 10.7. The van der Waals surface area contributed by atoms with E-state index in [1.165, 1.54) is 0 Å². The fourth-order valence-electron chi connectivity index (χ4n) is 3.60. The minimum Gasteiger partial charge on any atom is -0.504 e. The van der Waals surface area contributed by atoms with Gasteiger partial charge in [0.2, 0.25) is 6.29 Å². The molecule has 1 aliphatic rings. The molecular weight excluding hydrogens is 408 g/mol. The van der Waals surface area contributed by atoms with Crippen molar-refractivity contribution in [3.8, 4) is 11.5 Å². The number of rotatable bonds is 8. The van der Waals surface area contributed by atoms with Gasteiger partial charge in [-0.2, -0.15) is 0 Å². The van der Waals surface area contributed by atoms with Crippen molar-refractivity contribution in [1.29, 1.82) is 0 Å².